The molecule has 0 unspecified atom stereocenters. The molecule has 0 aliphatic rings. The van der Waals surface area contributed by atoms with Gasteiger partial charge in [-0.2, -0.15) is 0 Å². The first-order chi connectivity index (χ1) is 20.2. The van der Waals surface area contributed by atoms with Gasteiger partial charge < -0.3 is 0 Å². The maximum Gasteiger partial charge on any atom is 0.0668 e. The maximum atomic E-state index is 4.95. The molecule has 0 fully saturated rings. The van der Waals surface area contributed by atoms with Crippen LogP contribution < -0.4 is 0 Å². The Morgan fingerprint density at radius 3 is 1.83 bits per heavy atom. The number of fused-ring (bicyclic) bond motifs is 1. The summed E-state index contributed by atoms with van der Waals surface area (Å²) in [6.45, 7) is 21.3. The standard InChI is InChI=1S/C25H27N.C11H10.C3H8.C2H6/c1-17(2)22-13-9-10-14-23(22)24-16-25(19(4)15-18(24)3)26-20(5)21-11-7-6-8-12-21;1-9-6-7-10-4-2-3-5-11(10)8-9;1-3-2;1-2/h6-17H,1-5H3;2-8H,1H3;3H2,1-2H3;1-2H3. The number of hydrogen-bond donors (Lipinski definition) is 0. The Kier molecular flexibility index (Phi) is 14.5. The van der Waals surface area contributed by atoms with Gasteiger partial charge in [-0.3, -0.25) is 4.99 Å². The molecule has 0 saturated heterocycles. The second-order valence-electron chi connectivity index (χ2n) is 10.8. The average Bonchev–Trinajstić information content (AvgIpc) is 3.00. The van der Waals surface area contributed by atoms with Gasteiger partial charge in [0.05, 0.1) is 5.69 Å². The summed E-state index contributed by atoms with van der Waals surface area (Å²) in [7, 11) is 0. The minimum absolute atomic E-state index is 0.491. The molecule has 220 valence electrons. The highest BCUT2D eigenvalue weighted by Gasteiger charge is 2.12. The summed E-state index contributed by atoms with van der Waals surface area (Å²) in [5, 5.41) is 2.64. The van der Waals surface area contributed by atoms with E-state index in [1.807, 2.05) is 19.9 Å². The van der Waals surface area contributed by atoms with Crippen molar-refractivity contribution in [2.24, 2.45) is 4.99 Å². The van der Waals surface area contributed by atoms with Crippen molar-refractivity contribution in [2.45, 2.75) is 81.6 Å². The molecule has 5 aromatic carbocycles. The molecule has 1 heteroatoms. The smallest absolute Gasteiger partial charge is 0.0668 e. The van der Waals surface area contributed by atoms with Gasteiger partial charge in [-0.1, -0.05) is 157 Å². The zero-order chi connectivity index (χ0) is 31.1. The van der Waals surface area contributed by atoms with E-state index in [1.54, 1.807) is 0 Å². The summed E-state index contributed by atoms with van der Waals surface area (Å²) in [4.78, 5) is 4.95. The van der Waals surface area contributed by atoms with Crippen LogP contribution in [0.1, 0.15) is 88.6 Å². The van der Waals surface area contributed by atoms with Gasteiger partial charge in [-0.25, -0.2) is 0 Å². The van der Waals surface area contributed by atoms with Crippen molar-refractivity contribution in [1.29, 1.82) is 0 Å². The minimum atomic E-state index is 0.491. The molecule has 0 aliphatic heterocycles. The molecule has 42 heavy (non-hydrogen) atoms. The molecule has 0 aliphatic carbocycles. The van der Waals surface area contributed by atoms with Crippen LogP contribution in [0.25, 0.3) is 21.9 Å². The van der Waals surface area contributed by atoms with E-state index in [0.717, 1.165) is 17.0 Å². The number of aliphatic imine (C=N–C) groups is 1. The van der Waals surface area contributed by atoms with Crippen molar-refractivity contribution in [2.75, 3.05) is 0 Å². The van der Waals surface area contributed by atoms with Crippen LogP contribution in [-0.2, 0) is 0 Å². The molecule has 1 nitrogen and oxygen atoms in total. The Morgan fingerprint density at radius 2 is 1.19 bits per heavy atom. The molecule has 0 heterocycles. The monoisotopic (exact) mass is 557 g/mol. The van der Waals surface area contributed by atoms with Gasteiger partial charge in [-0.15, -0.1) is 0 Å². The van der Waals surface area contributed by atoms with Crippen molar-refractivity contribution in [3.8, 4) is 11.1 Å². The van der Waals surface area contributed by atoms with E-state index >= 15 is 0 Å². The highest BCUT2D eigenvalue weighted by molar-refractivity contribution is 6.00. The van der Waals surface area contributed by atoms with E-state index in [9.17, 15) is 0 Å². The Hall–Kier alpha value is -3.97. The van der Waals surface area contributed by atoms with Gasteiger partial charge in [0.1, 0.15) is 0 Å². The number of rotatable bonds is 4. The largest absolute Gasteiger partial charge is 0.253 e. The Morgan fingerprint density at radius 1 is 0.619 bits per heavy atom. The van der Waals surface area contributed by atoms with Crippen molar-refractivity contribution in [3.63, 3.8) is 0 Å². The third-order valence-electron chi connectivity index (χ3n) is 6.80. The lowest BCUT2D eigenvalue weighted by Crippen LogP contribution is -1.96. The lowest BCUT2D eigenvalue weighted by Gasteiger charge is -2.16. The fraction of sp³-hybridized carbons (Fsp3) is 0.293. The van der Waals surface area contributed by atoms with Crippen LogP contribution in [-0.4, -0.2) is 5.71 Å². The van der Waals surface area contributed by atoms with Crippen LogP contribution in [0.3, 0.4) is 0 Å². The van der Waals surface area contributed by atoms with E-state index in [0.29, 0.717) is 5.92 Å². The second-order valence-corrected chi connectivity index (χ2v) is 10.8. The Balaban J connectivity index is 0.000000317. The molecule has 0 saturated carbocycles. The summed E-state index contributed by atoms with van der Waals surface area (Å²) in [6.07, 6.45) is 1.25. The van der Waals surface area contributed by atoms with Gasteiger partial charge >= 0.3 is 0 Å². The van der Waals surface area contributed by atoms with Crippen LogP contribution in [0.4, 0.5) is 5.69 Å². The number of hydrogen-bond acceptors (Lipinski definition) is 1. The second kappa shape index (κ2) is 17.8. The Bertz CT molecular complexity index is 1540. The van der Waals surface area contributed by atoms with Gasteiger partial charge in [0.15, 0.2) is 0 Å². The molecular formula is C41H51N. The topological polar surface area (TPSA) is 12.4 Å². The molecule has 0 radical (unpaired) electrons. The number of nitrogens with zero attached hydrogens (tertiary/aromatic N) is 1. The summed E-state index contributed by atoms with van der Waals surface area (Å²) < 4.78 is 0. The van der Waals surface area contributed by atoms with Crippen molar-refractivity contribution >= 4 is 22.2 Å². The van der Waals surface area contributed by atoms with E-state index in [4.69, 9.17) is 4.99 Å². The lowest BCUT2D eigenvalue weighted by molar-refractivity contribution is 0.869. The minimum Gasteiger partial charge on any atom is -0.253 e. The molecule has 0 bridgehead atoms. The van der Waals surface area contributed by atoms with Crippen LogP contribution >= 0.6 is 0 Å². The predicted octanol–water partition coefficient (Wildman–Crippen LogP) is 12.8. The third kappa shape index (κ3) is 9.84. The van der Waals surface area contributed by atoms with Gasteiger partial charge in [-0.05, 0) is 83.8 Å². The molecule has 5 aromatic rings. The van der Waals surface area contributed by atoms with E-state index in [2.05, 4.69) is 159 Å². The number of aryl methyl sites for hydroxylation is 3. The third-order valence-corrected chi connectivity index (χ3v) is 6.80. The summed E-state index contributed by atoms with van der Waals surface area (Å²) in [5.41, 5.74) is 11.1. The first-order valence-electron chi connectivity index (χ1n) is 15.5. The molecule has 0 amide bonds. The molecule has 0 aromatic heterocycles. The zero-order valence-electron chi connectivity index (χ0n) is 27.6. The molecule has 0 spiro atoms. The van der Waals surface area contributed by atoms with E-state index in [-0.39, 0.29) is 0 Å². The molecule has 0 N–H and O–H groups in total. The van der Waals surface area contributed by atoms with E-state index in [1.165, 1.54) is 50.6 Å². The normalized spacial score (nSPS) is 10.6. The van der Waals surface area contributed by atoms with Crippen molar-refractivity contribution in [3.05, 3.63) is 137 Å². The highest BCUT2D eigenvalue weighted by atomic mass is 14.7. The summed E-state index contributed by atoms with van der Waals surface area (Å²) >= 11 is 0. The quantitative estimate of drug-likeness (QED) is 0.195. The maximum absolute atomic E-state index is 4.95. The van der Waals surface area contributed by atoms with Crippen LogP contribution in [0.5, 0.6) is 0 Å². The van der Waals surface area contributed by atoms with Crippen molar-refractivity contribution in [1.82, 2.24) is 0 Å². The van der Waals surface area contributed by atoms with Crippen LogP contribution in [0, 0.1) is 20.8 Å². The van der Waals surface area contributed by atoms with Gasteiger partial charge in [0, 0.05) is 5.71 Å². The van der Waals surface area contributed by atoms with Crippen molar-refractivity contribution < 1.29 is 0 Å². The fourth-order valence-electron chi connectivity index (χ4n) is 4.73. The van der Waals surface area contributed by atoms with E-state index < -0.39 is 0 Å². The Labute approximate surface area is 256 Å². The average molecular weight is 558 g/mol. The molecular weight excluding hydrogens is 506 g/mol. The SMILES string of the molecule is CC.CC(=Nc1cc(-c2ccccc2C(C)C)c(C)cc1C)c1ccccc1.CCC.Cc1ccc2ccccc2c1. The van der Waals surface area contributed by atoms with Gasteiger partial charge in [0.25, 0.3) is 0 Å². The zero-order valence-corrected chi connectivity index (χ0v) is 27.6. The summed E-state index contributed by atoms with van der Waals surface area (Å²) in [5.74, 6) is 0.491. The summed E-state index contributed by atoms with van der Waals surface area (Å²) in [6, 6.07) is 38.5. The molecule has 5 rings (SSSR count). The van der Waals surface area contributed by atoms with Crippen LogP contribution in [0.15, 0.2) is 114 Å². The first-order valence-corrected chi connectivity index (χ1v) is 15.5. The van der Waals surface area contributed by atoms with Crippen LogP contribution in [0.2, 0.25) is 0 Å². The highest BCUT2D eigenvalue weighted by Crippen LogP contribution is 2.35. The lowest BCUT2D eigenvalue weighted by atomic mass is 9.89. The number of benzene rings is 5. The fourth-order valence-corrected chi connectivity index (χ4v) is 4.73. The van der Waals surface area contributed by atoms with Gasteiger partial charge in [0.2, 0.25) is 0 Å². The predicted molar refractivity (Wildman–Crippen MR) is 190 cm³/mol. The molecule has 0 atom stereocenters. The first kappa shape index (κ1) is 34.2.